The molecule has 21 heavy (non-hydrogen) atoms. The third-order valence-corrected chi connectivity index (χ3v) is 3.74. The Morgan fingerprint density at radius 1 is 1.10 bits per heavy atom. The molecule has 0 aliphatic heterocycles. The largest absolute Gasteiger partial charge is 0.324 e. The summed E-state index contributed by atoms with van der Waals surface area (Å²) in [5, 5.41) is 0. The normalized spacial score (nSPS) is 11.2. The smallest absolute Gasteiger partial charge is 0.123 e. The Labute approximate surface area is 123 Å². The predicted molar refractivity (Wildman–Crippen MR) is 82.5 cm³/mol. The minimum absolute atomic E-state index is 0.221. The topological polar surface area (TPSA) is 43.8 Å². The number of hydrogen-bond acceptors (Lipinski definition) is 2. The van der Waals surface area contributed by atoms with Crippen molar-refractivity contribution in [3.8, 4) is 0 Å². The van der Waals surface area contributed by atoms with Gasteiger partial charge in [-0.15, -0.1) is 0 Å². The molecule has 0 saturated heterocycles. The van der Waals surface area contributed by atoms with Gasteiger partial charge in [-0.25, -0.2) is 9.37 Å². The fraction of sp³-hybridized carbons (Fsp3) is 0.235. The van der Waals surface area contributed by atoms with Gasteiger partial charge in [0.1, 0.15) is 11.6 Å². The molecule has 4 heteroatoms. The highest BCUT2D eigenvalue weighted by atomic mass is 19.1. The summed E-state index contributed by atoms with van der Waals surface area (Å²) in [6.45, 7) is 3.16. The molecular formula is C17H18FN3. The Balaban J connectivity index is 2.05. The molecule has 0 atom stereocenters. The highest BCUT2D eigenvalue weighted by Crippen LogP contribution is 2.20. The number of nitrogens with two attached hydrogens (primary N) is 1. The van der Waals surface area contributed by atoms with E-state index in [-0.39, 0.29) is 5.82 Å². The molecule has 2 aromatic carbocycles. The van der Waals surface area contributed by atoms with Crippen molar-refractivity contribution in [2.75, 3.05) is 0 Å². The molecule has 0 aliphatic rings. The maximum Gasteiger partial charge on any atom is 0.123 e. The first-order valence-electron chi connectivity index (χ1n) is 7.14. The van der Waals surface area contributed by atoms with Crippen LogP contribution in [0, 0.1) is 5.82 Å². The monoisotopic (exact) mass is 283 g/mol. The van der Waals surface area contributed by atoms with E-state index in [1.807, 2.05) is 0 Å². The van der Waals surface area contributed by atoms with Gasteiger partial charge in [-0.1, -0.05) is 25.1 Å². The van der Waals surface area contributed by atoms with E-state index in [0.29, 0.717) is 13.1 Å². The van der Waals surface area contributed by atoms with E-state index < -0.39 is 0 Å². The zero-order valence-electron chi connectivity index (χ0n) is 12.0. The van der Waals surface area contributed by atoms with Gasteiger partial charge >= 0.3 is 0 Å². The van der Waals surface area contributed by atoms with Crippen LogP contribution < -0.4 is 5.73 Å². The van der Waals surface area contributed by atoms with Crippen LogP contribution in [-0.2, 0) is 19.5 Å². The maximum absolute atomic E-state index is 13.0. The standard InChI is InChI=1S/C17H18FN3/c1-2-12-5-8-16-15(9-12)20-17(10-19)21(16)11-13-3-6-14(18)7-4-13/h3-9H,2,10-11,19H2,1H3. The van der Waals surface area contributed by atoms with Crippen LogP contribution in [0.5, 0.6) is 0 Å². The number of aryl methyl sites for hydroxylation is 1. The summed E-state index contributed by atoms with van der Waals surface area (Å²) in [6, 6.07) is 12.9. The number of imidazole rings is 1. The first kappa shape index (κ1) is 13.8. The molecule has 0 amide bonds. The SMILES string of the molecule is CCc1ccc2c(c1)nc(CN)n2Cc1ccc(F)cc1. The molecule has 3 rings (SSSR count). The van der Waals surface area contributed by atoms with E-state index in [0.717, 1.165) is 28.8 Å². The Morgan fingerprint density at radius 2 is 1.81 bits per heavy atom. The van der Waals surface area contributed by atoms with Crippen LogP contribution in [-0.4, -0.2) is 9.55 Å². The zero-order chi connectivity index (χ0) is 14.8. The minimum Gasteiger partial charge on any atom is -0.324 e. The average Bonchev–Trinajstić information content (AvgIpc) is 2.86. The Morgan fingerprint density at radius 3 is 2.48 bits per heavy atom. The second kappa shape index (κ2) is 5.66. The third kappa shape index (κ3) is 2.67. The highest BCUT2D eigenvalue weighted by Gasteiger charge is 2.10. The van der Waals surface area contributed by atoms with E-state index in [1.54, 1.807) is 12.1 Å². The molecule has 108 valence electrons. The van der Waals surface area contributed by atoms with Gasteiger partial charge in [0.15, 0.2) is 0 Å². The second-order valence-corrected chi connectivity index (χ2v) is 5.12. The van der Waals surface area contributed by atoms with Gasteiger partial charge in [-0.3, -0.25) is 0 Å². The summed E-state index contributed by atoms with van der Waals surface area (Å²) in [4.78, 5) is 4.62. The molecular weight excluding hydrogens is 265 g/mol. The van der Waals surface area contributed by atoms with Gasteiger partial charge in [-0.2, -0.15) is 0 Å². The molecule has 3 aromatic rings. The number of nitrogens with zero attached hydrogens (tertiary/aromatic N) is 2. The summed E-state index contributed by atoms with van der Waals surface area (Å²) in [5.74, 6) is 0.628. The van der Waals surface area contributed by atoms with E-state index in [4.69, 9.17) is 5.73 Å². The number of hydrogen-bond donors (Lipinski definition) is 1. The molecule has 0 bridgehead atoms. The lowest BCUT2D eigenvalue weighted by Gasteiger charge is -2.08. The van der Waals surface area contributed by atoms with Crippen molar-refractivity contribution in [1.29, 1.82) is 0 Å². The molecule has 0 radical (unpaired) electrons. The zero-order valence-corrected chi connectivity index (χ0v) is 12.0. The molecule has 0 saturated carbocycles. The Bertz CT molecular complexity index is 760. The molecule has 0 fully saturated rings. The molecule has 0 spiro atoms. The van der Waals surface area contributed by atoms with Gasteiger partial charge in [0.05, 0.1) is 17.6 Å². The van der Waals surface area contributed by atoms with Crippen LogP contribution in [0.3, 0.4) is 0 Å². The molecule has 0 unspecified atom stereocenters. The van der Waals surface area contributed by atoms with E-state index >= 15 is 0 Å². The lowest BCUT2D eigenvalue weighted by molar-refractivity contribution is 0.626. The van der Waals surface area contributed by atoms with Gasteiger partial charge in [0.25, 0.3) is 0 Å². The van der Waals surface area contributed by atoms with Crippen LogP contribution in [0.1, 0.15) is 23.9 Å². The fourth-order valence-electron chi connectivity index (χ4n) is 2.55. The number of fused-ring (bicyclic) bond motifs is 1. The third-order valence-electron chi connectivity index (χ3n) is 3.74. The van der Waals surface area contributed by atoms with Crippen LogP contribution >= 0.6 is 0 Å². The Hall–Kier alpha value is -2.20. The molecule has 0 aliphatic carbocycles. The van der Waals surface area contributed by atoms with Crippen molar-refractivity contribution in [3.05, 3.63) is 65.2 Å². The van der Waals surface area contributed by atoms with Crippen molar-refractivity contribution in [2.24, 2.45) is 5.73 Å². The van der Waals surface area contributed by atoms with E-state index in [1.165, 1.54) is 17.7 Å². The lowest BCUT2D eigenvalue weighted by atomic mass is 10.1. The van der Waals surface area contributed by atoms with Crippen molar-refractivity contribution >= 4 is 11.0 Å². The quantitative estimate of drug-likeness (QED) is 0.798. The summed E-state index contributed by atoms with van der Waals surface area (Å²) < 4.78 is 15.1. The van der Waals surface area contributed by atoms with Crippen LogP contribution in [0.2, 0.25) is 0 Å². The highest BCUT2D eigenvalue weighted by molar-refractivity contribution is 5.77. The van der Waals surface area contributed by atoms with Crippen molar-refractivity contribution < 1.29 is 4.39 Å². The molecule has 1 heterocycles. The number of aromatic nitrogens is 2. The maximum atomic E-state index is 13.0. The number of benzene rings is 2. The average molecular weight is 283 g/mol. The van der Waals surface area contributed by atoms with Crippen molar-refractivity contribution in [3.63, 3.8) is 0 Å². The van der Waals surface area contributed by atoms with Crippen LogP contribution in [0.15, 0.2) is 42.5 Å². The lowest BCUT2D eigenvalue weighted by Crippen LogP contribution is -2.09. The molecule has 1 aromatic heterocycles. The Kier molecular flexibility index (Phi) is 3.71. The van der Waals surface area contributed by atoms with E-state index in [2.05, 4.69) is 34.7 Å². The van der Waals surface area contributed by atoms with Crippen molar-refractivity contribution in [1.82, 2.24) is 9.55 Å². The van der Waals surface area contributed by atoms with Crippen LogP contribution in [0.25, 0.3) is 11.0 Å². The minimum atomic E-state index is -0.221. The fourth-order valence-corrected chi connectivity index (χ4v) is 2.55. The first-order valence-corrected chi connectivity index (χ1v) is 7.14. The molecule has 2 N–H and O–H groups in total. The summed E-state index contributed by atoms with van der Waals surface area (Å²) in [6.07, 6.45) is 0.985. The predicted octanol–water partition coefficient (Wildman–Crippen LogP) is 3.24. The van der Waals surface area contributed by atoms with Gasteiger partial charge in [0, 0.05) is 6.54 Å². The summed E-state index contributed by atoms with van der Waals surface area (Å²) in [5.41, 5.74) is 10.1. The summed E-state index contributed by atoms with van der Waals surface area (Å²) in [7, 11) is 0. The summed E-state index contributed by atoms with van der Waals surface area (Å²) >= 11 is 0. The van der Waals surface area contributed by atoms with Crippen molar-refractivity contribution in [2.45, 2.75) is 26.4 Å². The first-order chi connectivity index (χ1) is 10.2. The molecule has 3 nitrogen and oxygen atoms in total. The van der Waals surface area contributed by atoms with Gasteiger partial charge < -0.3 is 10.3 Å². The van der Waals surface area contributed by atoms with E-state index in [9.17, 15) is 4.39 Å². The number of halogens is 1. The second-order valence-electron chi connectivity index (χ2n) is 5.12. The van der Waals surface area contributed by atoms with Gasteiger partial charge in [0.2, 0.25) is 0 Å². The van der Waals surface area contributed by atoms with Gasteiger partial charge in [-0.05, 0) is 41.8 Å². The van der Waals surface area contributed by atoms with Crippen LogP contribution in [0.4, 0.5) is 4.39 Å². The number of rotatable bonds is 4.